The molecule has 4 saturated heterocycles. The smallest absolute Gasteiger partial charge is 0.333 e. The summed E-state index contributed by atoms with van der Waals surface area (Å²) in [5.41, 5.74) is 0. The van der Waals surface area contributed by atoms with E-state index >= 15 is 0 Å². The number of rotatable bonds is 33. The number of carbonyl (C=O) groups is 7. The molecular weight excluding hydrogens is 1030 g/mol. The van der Waals surface area contributed by atoms with Gasteiger partial charge in [-0.15, -0.1) is 5.06 Å². The fourth-order valence-corrected chi connectivity index (χ4v) is 8.41. The third kappa shape index (κ3) is 19.4. The van der Waals surface area contributed by atoms with E-state index in [0.29, 0.717) is 24.3 Å². The van der Waals surface area contributed by atoms with Crippen molar-refractivity contribution in [2.75, 3.05) is 72.4 Å². The van der Waals surface area contributed by atoms with E-state index in [-0.39, 0.29) is 96.6 Å². The minimum Gasteiger partial charge on any atom is -0.394 e. The van der Waals surface area contributed by atoms with Gasteiger partial charge in [0.15, 0.2) is 18.9 Å². The standard InChI is InChI=1S/C45H75N5O26/c51-20-25-33(60)36(63)39(66)43(73-25)70-15-12-46-28(55)18-49(19-29(56)47-13-16-71-44-40(67)37(64)34(61)26(21-52)74-44)24(42(69)48-14-17-72-45-41(68)38(65)35(62)27(22-53)75-45)8-3-1-2-6-23(54)7-4-5-9-32(59)76-50-30(57)10-11-31(50)58/h24-27,33-41,43-45,51-53,60-68H,1-22H2,(H,46,55)(H,47,56)(H,48,69)/t24-,25+,26+,27+,33+,34+,35+,36-,37-,38-,39-,40-,41-,43-,44-,45-/m0/s1. The number of aliphatic hydroxyl groups excluding tert-OH is 12. The lowest BCUT2D eigenvalue weighted by molar-refractivity contribution is -0.300. The van der Waals surface area contributed by atoms with E-state index in [4.69, 9.17) is 33.3 Å². The van der Waals surface area contributed by atoms with Crippen molar-refractivity contribution in [3.05, 3.63) is 0 Å². The fourth-order valence-electron chi connectivity index (χ4n) is 8.41. The van der Waals surface area contributed by atoms with Gasteiger partial charge in [0.05, 0.1) is 58.8 Å². The lowest BCUT2D eigenvalue weighted by atomic mass is 9.99. The maximum Gasteiger partial charge on any atom is 0.333 e. The molecule has 0 radical (unpaired) electrons. The van der Waals surface area contributed by atoms with E-state index in [2.05, 4.69) is 16.0 Å². The molecular formula is C45H75N5O26. The zero-order valence-electron chi connectivity index (χ0n) is 41.8. The van der Waals surface area contributed by atoms with Crippen molar-refractivity contribution < 1.29 is 128 Å². The number of hydrogen-bond donors (Lipinski definition) is 15. The summed E-state index contributed by atoms with van der Waals surface area (Å²) in [6.45, 7) is -5.21. The quantitative estimate of drug-likeness (QED) is 0.0214. The first-order valence-corrected chi connectivity index (χ1v) is 25.1. The number of nitrogens with one attached hydrogen (secondary N) is 3. The van der Waals surface area contributed by atoms with Crippen molar-refractivity contribution in [2.24, 2.45) is 0 Å². The van der Waals surface area contributed by atoms with Gasteiger partial charge in [0.25, 0.3) is 11.8 Å². The summed E-state index contributed by atoms with van der Waals surface area (Å²) in [7, 11) is 0. The molecule has 16 atom stereocenters. The van der Waals surface area contributed by atoms with Crippen molar-refractivity contribution >= 4 is 41.3 Å². The molecule has 31 nitrogen and oxygen atoms in total. The summed E-state index contributed by atoms with van der Waals surface area (Å²) in [4.78, 5) is 95.4. The van der Waals surface area contributed by atoms with Gasteiger partial charge in [0.1, 0.15) is 79.0 Å². The monoisotopic (exact) mass is 1100 g/mol. The van der Waals surface area contributed by atoms with Crippen LogP contribution in [0, 0.1) is 0 Å². The molecule has 31 heteroatoms. The first-order valence-electron chi connectivity index (χ1n) is 25.1. The minimum atomic E-state index is -1.74. The van der Waals surface area contributed by atoms with Crippen LogP contribution in [0.15, 0.2) is 0 Å². The number of ether oxygens (including phenoxy) is 6. The van der Waals surface area contributed by atoms with E-state index < -0.39 is 167 Å². The van der Waals surface area contributed by atoms with Gasteiger partial charge in [0, 0.05) is 51.7 Å². The molecule has 0 saturated carbocycles. The van der Waals surface area contributed by atoms with Crippen LogP contribution in [0.3, 0.4) is 0 Å². The predicted octanol–water partition coefficient (Wildman–Crippen LogP) is -8.86. The zero-order chi connectivity index (χ0) is 56.1. The van der Waals surface area contributed by atoms with Gasteiger partial charge in [-0.25, -0.2) is 4.79 Å². The normalized spacial score (nSPS) is 31.3. The van der Waals surface area contributed by atoms with Crippen molar-refractivity contribution in [2.45, 2.75) is 169 Å². The van der Waals surface area contributed by atoms with Crippen LogP contribution in [-0.4, -0.2) is 283 Å². The van der Waals surface area contributed by atoms with Crippen molar-refractivity contribution in [1.29, 1.82) is 0 Å². The molecule has 4 aliphatic rings. The lowest BCUT2D eigenvalue weighted by Gasteiger charge is -2.39. The second-order valence-corrected chi connectivity index (χ2v) is 18.5. The lowest BCUT2D eigenvalue weighted by Crippen LogP contribution is -2.59. The highest BCUT2D eigenvalue weighted by atomic mass is 16.7. The fraction of sp³-hybridized carbons (Fsp3) is 0.844. The molecule has 0 bridgehead atoms. The zero-order valence-corrected chi connectivity index (χ0v) is 41.8. The first kappa shape index (κ1) is 64.5. The summed E-state index contributed by atoms with van der Waals surface area (Å²) < 4.78 is 32.3. The molecule has 4 aliphatic heterocycles. The highest BCUT2D eigenvalue weighted by molar-refractivity contribution is 6.01. The van der Waals surface area contributed by atoms with Crippen molar-refractivity contribution in [1.82, 2.24) is 25.9 Å². The molecule has 0 spiro atoms. The molecule has 0 aromatic rings. The third-order valence-corrected chi connectivity index (χ3v) is 12.8. The Morgan fingerprint density at radius 2 is 0.908 bits per heavy atom. The van der Waals surface area contributed by atoms with Crippen LogP contribution in [0.1, 0.15) is 70.6 Å². The second kappa shape index (κ2) is 32.7. The average Bonchev–Trinajstić information content (AvgIpc) is 3.71. The van der Waals surface area contributed by atoms with Gasteiger partial charge in [0.2, 0.25) is 17.7 Å². The molecule has 76 heavy (non-hydrogen) atoms. The highest BCUT2D eigenvalue weighted by Crippen LogP contribution is 2.25. The number of aliphatic hydroxyl groups is 12. The number of imide groups is 1. The molecule has 0 unspecified atom stereocenters. The number of ketones is 1. The van der Waals surface area contributed by atoms with Gasteiger partial charge in [-0.1, -0.05) is 12.8 Å². The number of unbranched alkanes of at least 4 members (excludes halogenated alkanes) is 3. The van der Waals surface area contributed by atoms with Crippen LogP contribution in [0.4, 0.5) is 0 Å². The SMILES string of the molecule is O=C(CCCCC[C@@H](C(=O)NCCO[C@H]1O[C@H](CO)[C@@H](O)[C@H](O)[C@@H]1O)N(CC(=O)NCCO[C@H]1O[C@H](CO)[C@@H](O)[C@H](O)[C@@H]1O)CC(=O)NCCO[C@H]1O[C@H](CO)[C@@H](O)[C@H](O)[C@@H]1O)CCCCC(=O)ON1C(=O)CCC1=O. The Kier molecular flexibility index (Phi) is 27.8. The number of nitrogens with zero attached hydrogens (tertiary/aromatic N) is 2. The predicted molar refractivity (Wildman–Crippen MR) is 247 cm³/mol. The number of hydrogen-bond acceptors (Lipinski definition) is 27. The molecule has 0 aliphatic carbocycles. The first-order chi connectivity index (χ1) is 36.2. The molecule has 4 rings (SSSR count). The van der Waals surface area contributed by atoms with Gasteiger partial charge < -0.3 is 110 Å². The Hall–Kier alpha value is -4.07. The Bertz CT molecular complexity index is 1780. The summed E-state index contributed by atoms with van der Waals surface area (Å²) in [6.07, 6.45) is -22.2. The van der Waals surface area contributed by atoms with E-state index in [1.54, 1.807) is 0 Å². The molecule has 5 amide bonds. The Morgan fingerprint density at radius 1 is 0.526 bits per heavy atom. The Morgan fingerprint density at radius 3 is 1.32 bits per heavy atom. The van der Waals surface area contributed by atoms with Crippen LogP contribution >= 0.6 is 0 Å². The van der Waals surface area contributed by atoms with E-state index in [9.17, 15) is 94.8 Å². The van der Waals surface area contributed by atoms with Gasteiger partial charge in [-0.3, -0.25) is 33.7 Å². The molecule has 4 heterocycles. The van der Waals surface area contributed by atoms with Crippen LogP contribution in [-0.2, 0) is 66.8 Å². The molecule has 15 N–H and O–H groups in total. The van der Waals surface area contributed by atoms with Crippen LogP contribution in [0.2, 0.25) is 0 Å². The summed E-state index contributed by atoms with van der Waals surface area (Å²) in [5.74, 6) is -4.39. The molecule has 436 valence electrons. The average molecular weight is 1100 g/mol. The summed E-state index contributed by atoms with van der Waals surface area (Å²) in [6, 6.07) is -1.26. The van der Waals surface area contributed by atoms with Gasteiger partial charge >= 0.3 is 5.97 Å². The van der Waals surface area contributed by atoms with Crippen LogP contribution < -0.4 is 16.0 Å². The highest BCUT2D eigenvalue weighted by Gasteiger charge is 2.46. The topological polar surface area (TPSA) is 469 Å². The Labute approximate surface area is 435 Å². The Balaban J connectivity index is 1.40. The minimum absolute atomic E-state index is 0.0152. The van der Waals surface area contributed by atoms with Crippen LogP contribution in [0.5, 0.6) is 0 Å². The molecule has 0 aromatic carbocycles. The summed E-state index contributed by atoms with van der Waals surface area (Å²) >= 11 is 0. The second-order valence-electron chi connectivity index (χ2n) is 18.5. The number of Topliss-reactive ketones (excluding diaryl/α,β-unsaturated/α-hetero) is 1. The van der Waals surface area contributed by atoms with E-state index in [1.807, 2.05) is 0 Å². The van der Waals surface area contributed by atoms with Crippen molar-refractivity contribution in [3.8, 4) is 0 Å². The number of hydroxylamine groups is 2. The molecule has 4 fully saturated rings. The summed E-state index contributed by atoms with van der Waals surface area (Å²) in [5, 5.41) is 128. The number of carbonyl (C=O) groups excluding carboxylic acids is 7. The maximum atomic E-state index is 14.1. The van der Waals surface area contributed by atoms with Crippen LogP contribution in [0.25, 0.3) is 0 Å². The number of amides is 5. The van der Waals surface area contributed by atoms with Gasteiger partial charge in [-0.05, 0) is 25.7 Å². The largest absolute Gasteiger partial charge is 0.394 e. The molecule has 0 aromatic heterocycles. The maximum absolute atomic E-state index is 14.1. The van der Waals surface area contributed by atoms with Crippen molar-refractivity contribution in [3.63, 3.8) is 0 Å². The van der Waals surface area contributed by atoms with E-state index in [0.717, 1.165) is 0 Å². The third-order valence-electron chi connectivity index (χ3n) is 12.8. The van der Waals surface area contributed by atoms with E-state index in [1.165, 1.54) is 4.90 Å². The van der Waals surface area contributed by atoms with Gasteiger partial charge in [-0.2, -0.15) is 0 Å².